The molecule has 0 aromatic heterocycles. The van der Waals surface area contributed by atoms with Gasteiger partial charge in [0.25, 0.3) is 0 Å². The molecule has 0 aliphatic rings. The maximum Gasteiger partial charge on any atom is -0.0180 e. The summed E-state index contributed by atoms with van der Waals surface area (Å²) in [5.41, 5.74) is 0. The third-order valence-corrected chi connectivity index (χ3v) is 1.83. The molecule has 0 spiro atoms. The van der Waals surface area contributed by atoms with Crippen molar-refractivity contribution in [3.8, 4) is 0 Å². The predicted octanol–water partition coefficient (Wildman–Crippen LogP) is 3.57. The van der Waals surface area contributed by atoms with Crippen molar-refractivity contribution >= 4 is 11.8 Å². The zero-order chi connectivity index (χ0) is 7.11. The van der Waals surface area contributed by atoms with Gasteiger partial charge >= 0.3 is 0 Å². The lowest BCUT2D eigenvalue weighted by atomic mass is 10.4. The largest absolute Gasteiger partial charge is 0.104 e. The number of hydrogen-bond donors (Lipinski definition) is 0. The van der Waals surface area contributed by atoms with Crippen LogP contribution in [0.4, 0.5) is 0 Å². The van der Waals surface area contributed by atoms with Crippen LogP contribution in [0.5, 0.6) is 0 Å². The van der Waals surface area contributed by atoms with E-state index in [4.69, 9.17) is 0 Å². The van der Waals surface area contributed by atoms with Crippen LogP contribution in [-0.2, 0) is 0 Å². The molecule has 0 amide bonds. The Morgan fingerprint density at radius 1 is 1.56 bits per heavy atom. The Kier molecular flexibility index (Phi) is 5.85. The monoisotopic (exact) mass is 142 g/mol. The van der Waals surface area contributed by atoms with E-state index in [1.165, 1.54) is 4.91 Å². The third kappa shape index (κ3) is 5.71. The second-order valence-electron chi connectivity index (χ2n) is 1.81. The van der Waals surface area contributed by atoms with Gasteiger partial charge in [0.2, 0.25) is 0 Å². The predicted molar refractivity (Wildman–Crippen MR) is 46.5 cm³/mol. The van der Waals surface area contributed by atoms with E-state index in [1.54, 1.807) is 11.8 Å². The summed E-state index contributed by atoms with van der Waals surface area (Å²) in [6.45, 7) is 6.32. The van der Waals surface area contributed by atoms with E-state index in [9.17, 15) is 0 Å². The molecule has 0 radical (unpaired) electrons. The Labute approximate surface area is 62.0 Å². The van der Waals surface area contributed by atoms with Gasteiger partial charge in [-0.3, -0.25) is 0 Å². The van der Waals surface area contributed by atoms with Crippen LogP contribution in [0.25, 0.3) is 0 Å². The van der Waals surface area contributed by atoms with Gasteiger partial charge in [-0.15, -0.1) is 11.8 Å². The van der Waals surface area contributed by atoms with Gasteiger partial charge in [0.1, 0.15) is 0 Å². The first-order valence-electron chi connectivity index (χ1n) is 3.25. The molecule has 52 valence electrons. The fourth-order valence-electron chi connectivity index (χ4n) is 0.511. The molecule has 0 nitrogen and oxygen atoms in total. The SMILES string of the molecule is CC=CSC(C)=CCC. The summed E-state index contributed by atoms with van der Waals surface area (Å²) < 4.78 is 0. The Balaban J connectivity index is 3.49. The molecule has 0 heterocycles. The van der Waals surface area contributed by atoms with Gasteiger partial charge in [0.15, 0.2) is 0 Å². The molecule has 1 heteroatoms. The molecule has 0 fully saturated rings. The summed E-state index contributed by atoms with van der Waals surface area (Å²) in [5.74, 6) is 0. The minimum atomic E-state index is 1.14. The van der Waals surface area contributed by atoms with Gasteiger partial charge in [-0.1, -0.05) is 19.1 Å². The first-order chi connectivity index (χ1) is 4.31. The fourth-order valence-corrected chi connectivity index (χ4v) is 1.12. The molecular weight excluding hydrogens is 128 g/mol. The summed E-state index contributed by atoms with van der Waals surface area (Å²) >= 11 is 1.78. The zero-order valence-corrected chi connectivity index (χ0v) is 7.16. The van der Waals surface area contributed by atoms with Crippen molar-refractivity contribution in [3.63, 3.8) is 0 Å². The van der Waals surface area contributed by atoms with E-state index >= 15 is 0 Å². The molecule has 0 N–H and O–H groups in total. The quantitative estimate of drug-likeness (QED) is 0.580. The van der Waals surface area contributed by atoms with Crippen molar-refractivity contribution < 1.29 is 0 Å². The Morgan fingerprint density at radius 2 is 2.22 bits per heavy atom. The molecule has 0 aliphatic carbocycles. The second-order valence-corrected chi connectivity index (χ2v) is 2.96. The molecule has 0 aromatic carbocycles. The van der Waals surface area contributed by atoms with Crippen LogP contribution >= 0.6 is 11.8 Å². The highest BCUT2D eigenvalue weighted by Gasteiger charge is 1.80. The zero-order valence-electron chi connectivity index (χ0n) is 6.35. The van der Waals surface area contributed by atoms with Crippen LogP contribution in [0.3, 0.4) is 0 Å². The van der Waals surface area contributed by atoms with Crippen LogP contribution in [-0.4, -0.2) is 0 Å². The Hall–Kier alpha value is -0.170. The minimum absolute atomic E-state index is 1.14. The number of rotatable bonds is 3. The number of hydrogen-bond acceptors (Lipinski definition) is 1. The molecule has 0 saturated heterocycles. The van der Waals surface area contributed by atoms with E-state index in [1.807, 2.05) is 6.92 Å². The maximum absolute atomic E-state index is 2.23. The fraction of sp³-hybridized carbons (Fsp3) is 0.500. The molecular formula is C8H14S. The average molecular weight is 142 g/mol. The van der Waals surface area contributed by atoms with E-state index in [0.717, 1.165) is 6.42 Å². The van der Waals surface area contributed by atoms with Crippen molar-refractivity contribution in [3.05, 3.63) is 22.5 Å². The third-order valence-electron chi connectivity index (χ3n) is 0.882. The van der Waals surface area contributed by atoms with Crippen LogP contribution in [0.1, 0.15) is 27.2 Å². The lowest BCUT2D eigenvalue weighted by molar-refractivity contribution is 1.21. The van der Waals surface area contributed by atoms with Crippen LogP contribution in [0.2, 0.25) is 0 Å². The minimum Gasteiger partial charge on any atom is -0.104 e. The van der Waals surface area contributed by atoms with E-state index in [2.05, 4.69) is 31.4 Å². The Bertz CT molecular complexity index is 112. The maximum atomic E-state index is 2.23. The highest BCUT2D eigenvalue weighted by Crippen LogP contribution is 2.15. The first-order valence-corrected chi connectivity index (χ1v) is 4.13. The molecule has 0 aliphatic heterocycles. The van der Waals surface area contributed by atoms with E-state index < -0.39 is 0 Å². The van der Waals surface area contributed by atoms with Gasteiger partial charge < -0.3 is 0 Å². The molecule has 0 saturated carbocycles. The number of allylic oxidation sites excluding steroid dienone is 3. The van der Waals surface area contributed by atoms with Crippen molar-refractivity contribution in [2.75, 3.05) is 0 Å². The molecule has 0 unspecified atom stereocenters. The second kappa shape index (κ2) is 5.96. The van der Waals surface area contributed by atoms with Gasteiger partial charge in [0, 0.05) is 0 Å². The first kappa shape index (κ1) is 8.83. The van der Waals surface area contributed by atoms with Crippen molar-refractivity contribution in [1.29, 1.82) is 0 Å². The van der Waals surface area contributed by atoms with Crippen molar-refractivity contribution in [1.82, 2.24) is 0 Å². The summed E-state index contributed by atoms with van der Waals surface area (Å²) in [6, 6.07) is 0. The Morgan fingerprint density at radius 3 is 2.67 bits per heavy atom. The highest BCUT2D eigenvalue weighted by molar-refractivity contribution is 8.05. The highest BCUT2D eigenvalue weighted by atomic mass is 32.2. The summed E-state index contributed by atoms with van der Waals surface area (Å²) in [7, 11) is 0. The summed E-state index contributed by atoms with van der Waals surface area (Å²) in [5, 5.41) is 2.10. The van der Waals surface area contributed by atoms with Crippen molar-refractivity contribution in [2.24, 2.45) is 0 Å². The van der Waals surface area contributed by atoms with E-state index in [0.29, 0.717) is 0 Å². The van der Waals surface area contributed by atoms with Gasteiger partial charge in [0.05, 0.1) is 0 Å². The normalized spacial score (nSPS) is 13.0. The molecule has 0 aromatic rings. The molecule has 0 atom stereocenters. The van der Waals surface area contributed by atoms with Crippen molar-refractivity contribution in [2.45, 2.75) is 27.2 Å². The van der Waals surface area contributed by atoms with Crippen LogP contribution < -0.4 is 0 Å². The lowest BCUT2D eigenvalue weighted by Gasteiger charge is -1.90. The topological polar surface area (TPSA) is 0 Å². The summed E-state index contributed by atoms with van der Waals surface area (Å²) in [6.07, 6.45) is 5.42. The molecule has 0 rings (SSSR count). The van der Waals surface area contributed by atoms with Gasteiger partial charge in [-0.2, -0.15) is 0 Å². The smallest absolute Gasteiger partial charge is 0.0180 e. The average Bonchev–Trinajstić information content (AvgIpc) is 1.85. The lowest BCUT2D eigenvalue weighted by Crippen LogP contribution is -1.61. The van der Waals surface area contributed by atoms with E-state index in [-0.39, 0.29) is 0 Å². The standard InChI is InChI=1S/C8H14S/c1-4-6-8(3)9-7-5-2/h5-7H,4H2,1-3H3. The molecule has 0 bridgehead atoms. The molecule has 9 heavy (non-hydrogen) atoms. The van der Waals surface area contributed by atoms with Crippen LogP contribution in [0, 0.1) is 0 Å². The number of thioether (sulfide) groups is 1. The van der Waals surface area contributed by atoms with Crippen LogP contribution in [0.15, 0.2) is 22.5 Å². The van der Waals surface area contributed by atoms with Gasteiger partial charge in [-0.25, -0.2) is 0 Å². The summed E-state index contributed by atoms with van der Waals surface area (Å²) in [4.78, 5) is 1.38. The van der Waals surface area contributed by atoms with Gasteiger partial charge in [-0.05, 0) is 30.6 Å².